The molecular weight excluding hydrogens is 278 g/mol. The number of hydrogen-bond donors (Lipinski definition) is 1. The summed E-state index contributed by atoms with van der Waals surface area (Å²) in [5.74, 6) is -0.806. The van der Waals surface area contributed by atoms with Crippen LogP contribution in [0.4, 0.5) is 0 Å². The first-order chi connectivity index (χ1) is 9.14. The Kier molecular flexibility index (Phi) is 5.30. The molecule has 0 bridgehead atoms. The minimum atomic E-state index is -3.68. The molecule has 1 N–H and O–H groups in total. The van der Waals surface area contributed by atoms with Crippen LogP contribution in [0.3, 0.4) is 0 Å². The maximum Gasteiger partial charge on any atom is 0.267 e. The fourth-order valence-corrected chi connectivity index (χ4v) is 3.46. The molecule has 0 unspecified atom stereocenters. The Morgan fingerprint density at radius 3 is 2.25 bits per heavy atom. The van der Waals surface area contributed by atoms with E-state index in [9.17, 15) is 13.2 Å². The summed E-state index contributed by atoms with van der Waals surface area (Å²) in [7, 11) is -2.31. The topological polar surface area (TPSA) is 72.5 Å². The highest BCUT2D eigenvalue weighted by molar-refractivity contribution is 7.90. The molecule has 1 rings (SSSR count). The normalized spacial score (nSPS) is 13.8. The first-order valence-corrected chi connectivity index (χ1v) is 7.92. The molecule has 1 aromatic carbocycles. The van der Waals surface area contributed by atoms with Crippen LogP contribution >= 0.6 is 0 Å². The highest BCUT2D eigenvalue weighted by atomic mass is 32.2. The predicted molar refractivity (Wildman–Crippen MR) is 77.6 cm³/mol. The molecule has 1 amide bonds. The Bertz CT molecular complexity index is 546. The fraction of sp³-hybridized carbons (Fsp3) is 0.500. The maximum absolute atomic E-state index is 12.1. The molecule has 1 atom stereocenters. The third kappa shape index (κ3) is 5.30. The van der Waals surface area contributed by atoms with Crippen molar-refractivity contribution in [2.45, 2.75) is 26.9 Å². The number of methoxy groups -OCH3 is 1. The van der Waals surface area contributed by atoms with Gasteiger partial charge in [0, 0.05) is 7.11 Å². The maximum atomic E-state index is 12.1. The number of benzene rings is 1. The minimum absolute atomic E-state index is 0.128. The van der Waals surface area contributed by atoms with E-state index in [0.717, 1.165) is 0 Å². The van der Waals surface area contributed by atoms with Crippen LogP contribution in [0.25, 0.3) is 0 Å². The minimum Gasteiger partial charge on any atom is -0.367 e. The third-order valence-corrected chi connectivity index (χ3v) is 4.21. The molecule has 0 aliphatic carbocycles. The second-order valence-corrected chi connectivity index (χ2v) is 7.53. The lowest BCUT2D eigenvalue weighted by Crippen LogP contribution is -2.39. The van der Waals surface area contributed by atoms with Gasteiger partial charge in [-0.1, -0.05) is 51.1 Å². The summed E-state index contributed by atoms with van der Waals surface area (Å²) >= 11 is 0. The molecule has 0 saturated carbocycles. The van der Waals surface area contributed by atoms with Crippen LogP contribution in [0.15, 0.2) is 30.3 Å². The van der Waals surface area contributed by atoms with Crippen molar-refractivity contribution in [3.63, 3.8) is 0 Å². The van der Waals surface area contributed by atoms with Crippen LogP contribution in [-0.4, -0.2) is 27.2 Å². The van der Waals surface area contributed by atoms with E-state index in [1.54, 1.807) is 45.0 Å². The van der Waals surface area contributed by atoms with Crippen molar-refractivity contribution in [2.24, 2.45) is 5.41 Å². The van der Waals surface area contributed by atoms with Crippen molar-refractivity contribution in [1.29, 1.82) is 0 Å². The van der Waals surface area contributed by atoms with Gasteiger partial charge in [-0.2, -0.15) is 0 Å². The summed E-state index contributed by atoms with van der Waals surface area (Å²) in [4.78, 5) is 12.1. The Balaban J connectivity index is 2.84. The molecule has 20 heavy (non-hydrogen) atoms. The van der Waals surface area contributed by atoms with E-state index < -0.39 is 27.4 Å². The second-order valence-electron chi connectivity index (χ2n) is 5.81. The zero-order valence-electron chi connectivity index (χ0n) is 12.2. The molecule has 0 spiro atoms. The molecule has 0 aromatic heterocycles. The van der Waals surface area contributed by atoms with Crippen LogP contribution in [0.1, 0.15) is 32.4 Å². The number of amides is 1. The number of hydrogen-bond acceptors (Lipinski definition) is 4. The fourth-order valence-electron chi connectivity index (χ4n) is 1.84. The van der Waals surface area contributed by atoms with E-state index >= 15 is 0 Å². The van der Waals surface area contributed by atoms with Gasteiger partial charge in [0.2, 0.25) is 10.0 Å². The van der Waals surface area contributed by atoms with Gasteiger partial charge in [-0.3, -0.25) is 9.52 Å². The summed E-state index contributed by atoms with van der Waals surface area (Å²) in [5, 5.41) is 0. The van der Waals surface area contributed by atoms with Crippen molar-refractivity contribution >= 4 is 15.9 Å². The zero-order valence-corrected chi connectivity index (χ0v) is 13.0. The summed E-state index contributed by atoms with van der Waals surface area (Å²) < 4.78 is 31.0. The van der Waals surface area contributed by atoms with Crippen molar-refractivity contribution < 1.29 is 17.9 Å². The van der Waals surface area contributed by atoms with Crippen LogP contribution in [0, 0.1) is 5.41 Å². The molecular formula is C14H21NO4S. The van der Waals surface area contributed by atoms with Gasteiger partial charge in [0.25, 0.3) is 5.91 Å². The molecule has 0 heterocycles. The molecule has 0 saturated heterocycles. The van der Waals surface area contributed by atoms with Gasteiger partial charge in [0.15, 0.2) is 6.10 Å². The predicted octanol–water partition coefficient (Wildman–Crippen LogP) is 1.87. The van der Waals surface area contributed by atoms with Crippen LogP contribution in [0.2, 0.25) is 0 Å². The molecule has 5 nitrogen and oxygen atoms in total. The third-order valence-electron chi connectivity index (χ3n) is 2.46. The average Bonchev–Trinajstić information content (AvgIpc) is 2.27. The lowest BCUT2D eigenvalue weighted by Gasteiger charge is -2.20. The van der Waals surface area contributed by atoms with Crippen LogP contribution in [0.5, 0.6) is 0 Å². The Hall–Kier alpha value is -1.40. The van der Waals surface area contributed by atoms with E-state index in [0.29, 0.717) is 5.56 Å². The summed E-state index contributed by atoms with van der Waals surface area (Å²) in [6.07, 6.45) is -0.939. The summed E-state index contributed by atoms with van der Waals surface area (Å²) in [6.45, 7) is 5.38. The number of sulfonamides is 1. The van der Waals surface area contributed by atoms with E-state index in [2.05, 4.69) is 4.72 Å². The summed E-state index contributed by atoms with van der Waals surface area (Å²) in [5.41, 5.74) is 0.181. The Morgan fingerprint density at radius 1 is 1.25 bits per heavy atom. The lowest BCUT2D eigenvalue weighted by molar-refractivity contribution is -0.129. The van der Waals surface area contributed by atoms with Crippen LogP contribution in [-0.2, 0) is 19.6 Å². The van der Waals surface area contributed by atoms with Gasteiger partial charge in [-0.25, -0.2) is 8.42 Å². The van der Waals surface area contributed by atoms with Gasteiger partial charge in [-0.15, -0.1) is 0 Å². The van der Waals surface area contributed by atoms with Gasteiger partial charge >= 0.3 is 0 Å². The number of nitrogens with one attached hydrogen (secondary N) is 1. The molecule has 112 valence electrons. The molecule has 0 fully saturated rings. The van der Waals surface area contributed by atoms with E-state index in [1.165, 1.54) is 7.11 Å². The number of carbonyl (C=O) groups is 1. The number of ether oxygens (including phenoxy) is 1. The van der Waals surface area contributed by atoms with Crippen LogP contribution < -0.4 is 4.72 Å². The largest absolute Gasteiger partial charge is 0.367 e. The smallest absolute Gasteiger partial charge is 0.267 e. The SMILES string of the molecule is CO[C@@H](C(=O)NS(=O)(=O)CC(C)(C)C)c1ccccc1. The van der Waals surface area contributed by atoms with Gasteiger partial charge in [0.1, 0.15) is 0 Å². The van der Waals surface area contributed by atoms with Crippen molar-refractivity contribution in [1.82, 2.24) is 4.72 Å². The molecule has 0 aliphatic heterocycles. The summed E-state index contributed by atoms with van der Waals surface area (Å²) in [6, 6.07) is 8.76. The molecule has 6 heteroatoms. The first kappa shape index (κ1) is 16.7. The average molecular weight is 299 g/mol. The molecule has 1 aromatic rings. The monoisotopic (exact) mass is 299 g/mol. The van der Waals surface area contributed by atoms with Gasteiger partial charge < -0.3 is 4.74 Å². The van der Waals surface area contributed by atoms with Gasteiger partial charge in [0.05, 0.1) is 5.75 Å². The van der Waals surface area contributed by atoms with E-state index in [-0.39, 0.29) is 5.75 Å². The number of carbonyl (C=O) groups excluding carboxylic acids is 1. The van der Waals surface area contributed by atoms with Gasteiger partial charge in [-0.05, 0) is 11.0 Å². The van der Waals surface area contributed by atoms with Crippen molar-refractivity contribution in [3.8, 4) is 0 Å². The first-order valence-electron chi connectivity index (χ1n) is 6.27. The second kappa shape index (κ2) is 6.37. The Morgan fingerprint density at radius 2 is 1.80 bits per heavy atom. The Labute approximate surface area is 120 Å². The van der Waals surface area contributed by atoms with Crippen molar-refractivity contribution in [3.05, 3.63) is 35.9 Å². The standard InChI is InChI=1S/C14H21NO4S/c1-14(2,3)10-20(17,18)15-13(16)12(19-4)11-8-6-5-7-9-11/h5-9,12H,10H2,1-4H3,(H,15,16)/t12-/m1/s1. The number of rotatable bonds is 5. The quantitative estimate of drug-likeness (QED) is 0.901. The van der Waals surface area contributed by atoms with E-state index in [1.807, 2.05) is 6.07 Å². The molecule has 0 radical (unpaired) electrons. The van der Waals surface area contributed by atoms with E-state index in [4.69, 9.17) is 4.74 Å². The van der Waals surface area contributed by atoms with Crippen molar-refractivity contribution in [2.75, 3.05) is 12.9 Å². The highest BCUT2D eigenvalue weighted by Crippen LogP contribution is 2.19. The molecule has 0 aliphatic rings. The lowest BCUT2D eigenvalue weighted by atomic mass is 10.0. The highest BCUT2D eigenvalue weighted by Gasteiger charge is 2.27. The zero-order chi connectivity index (χ0) is 15.4.